The first-order valence-electron chi connectivity index (χ1n) is 23.0. The molecule has 0 radical (unpaired) electrons. The maximum atomic E-state index is 10.0. The highest BCUT2D eigenvalue weighted by molar-refractivity contribution is 6.12. The fraction of sp³-hybridized carbons (Fsp3) is 0.0645. The number of hydrogen-bond donors (Lipinski definition) is 0. The Balaban J connectivity index is 1.21. The van der Waals surface area contributed by atoms with Crippen LogP contribution in [0, 0.1) is 39.0 Å². The predicted octanol–water partition coefficient (Wildman–Crippen LogP) is 15.5. The summed E-state index contributed by atoms with van der Waals surface area (Å²) in [5, 5.41) is 14.8. The number of nitriles is 1. The summed E-state index contributed by atoms with van der Waals surface area (Å²) < 4.78 is 4.85. The van der Waals surface area contributed by atoms with Gasteiger partial charge in [0.05, 0.1) is 45.1 Å². The molecule has 0 spiro atoms. The average molecular weight is 873 g/mol. The molecule has 0 fully saturated rings. The highest BCUT2D eigenvalue weighted by Gasteiger charge is 2.23. The van der Waals surface area contributed by atoms with Crippen LogP contribution in [-0.2, 0) is 0 Å². The lowest BCUT2D eigenvalue weighted by Gasteiger charge is -2.21. The van der Waals surface area contributed by atoms with Crippen LogP contribution >= 0.6 is 0 Å². The van der Waals surface area contributed by atoms with Crippen LogP contribution in [0.3, 0.4) is 0 Å². The van der Waals surface area contributed by atoms with E-state index in [1.54, 1.807) is 0 Å². The van der Waals surface area contributed by atoms with Crippen LogP contribution in [0.15, 0.2) is 194 Å². The molecule has 0 atom stereocenters. The molecule has 0 aliphatic rings. The molecule has 0 bridgehead atoms. The fourth-order valence-electron chi connectivity index (χ4n) is 9.94. The molecule has 0 aliphatic heterocycles. The molecule has 9 aromatic carbocycles. The molecule has 12 aromatic rings. The number of hydrogen-bond acceptors (Lipinski definition) is 4. The third kappa shape index (κ3) is 6.92. The summed E-state index contributed by atoms with van der Waals surface area (Å²) in [6.07, 6.45) is 0. The molecule has 0 saturated carbocycles. The van der Waals surface area contributed by atoms with E-state index in [0.29, 0.717) is 23.0 Å². The quantitative estimate of drug-likeness (QED) is 0.160. The third-order valence-electron chi connectivity index (χ3n) is 13.2. The topological polar surface area (TPSA) is 72.3 Å². The van der Waals surface area contributed by atoms with Crippen LogP contribution in [0.1, 0.15) is 27.8 Å². The van der Waals surface area contributed by atoms with Gasteiger partial charge in [0.2, 0.25) is 0 Å². The SMILES string of the molecule is Cc1ccc2c(c1)c1cc(C)ccc1n2-c1ccc(-c2nc(-c3ccccc3)nc(-c3ccccc3)n2)cc1-c1ccc(-c2cccc(C#N)c2)cc1-n1c2ccc(C)cc2c2cc(C)ccc21. The standard InChI is InChI=1S/C62H44N6/c1-38-18-25-54-49(30-38)50-31-39(2)19-26-55(50)67(54)58-29-23-47(62-65-60(43-13-7-5-8-14-43)64-61(66-62)44-15-9-6-10-16-44)35-53(58)48-24-22-46(45-17-11-12-42(34-45)37-63)36-59(48)68-56-27-20-40(3)32-51(56)52-33-41(4)21-28-57(52)68/h5-36H,1-4H3. The maximum Gasteiger partial charge on any atom is 0.164 e. The van der Waals surface area contributed by atoms with E-state index < -0.39 is 0 Å². The Labute approximate surface area is 394 Å². The Kier molecular flexibility index (Phi) is 9.67. The highest BCUT2D eigenvalue weighted by atomic mass is 15.0. The summed E-state index contributed by atoms with van der Waals surface area (Å²) in [6, 6.07) is 71.0. The minimum Gasteiger partial charge on any atom is -0.309 e. The zero-order chi connectivity index (χ0) is 46.0. The van der Waals surface area contributed by atoms with E-state index in [-0.39, 0.29) is 0 Å². The van der Waals surface area contributed by atoms with E-state index in [4.69, 9.17) is 15.0 Å². The molecule has 322 valence electrons. The van der Waals surface area contributed by atoms with Crippen molar-refractivity contribution in [1.29, 1.82) is 5.26 Å². The Morgan fingerprint density at radius 3 is 1.25 bits per heavy atom. The van der Waals surface area contributed by atoms with Gasteiger partial charge in [0.1, 0.15) is 0 Å². The molecule has 0 saturated heterocycles. The van der Waals surface area contributed by atoms with Crippen LogP contribution in [0.2, 0.25) is 0 Å². The van der Waals surface area contributed by atoms with Gasteiger partial charge in [0.15, 0.2) is 17.5 Å². The second-order valence-electron chi connectivity index (χ2n) is 17.9. The largest absolute Gasteiger partial charge is 0.309 e. The van der Waals surface area contributed by atoms with Crippen LogP contribution in [0.5, 0.6) is 0 Å². The van der Waals surface area contributed by atoms with Crippen LogP contribution in [0.4, 0.5) is 0 Å². The number of aromatic nitrogens is 5. The minimum atomic E-state index is 0.577. The zero-order valence-electron chi connectivity index (χ0n) is 38.2. The van der Waals surface area contributed by atoms with E-state index in [1.807, 2.05) is 78.9 Å². The van der Waals surface area contributed by atoms with Crippen molar-refractivity contribution in [2.75, 3.05) is 0 Å². The van der Waals surface area contributed by atoms with Gasteiger partial charge in [-0.05, 0) is 124 Å². The van der Waals surface area contributed by atoms with Gasteiger partial charge < -0.3 is 9.13 Å². The molecule has 6 heteroatoms. The lowest BCUT2D eigenvalue weighted by atomic mass is 9.94. The van der Waals surface area contributed by atoms with E-state index in [0.717, 1.165) is 72.4 Å². The number of benzene rings is 9. The molecule has 6 nitrogen and oxygen atoms in total. The van der Waals surface area contributed by atoms with E-state index >= 15 is 0 Å². The summed E-state index contributed by atoms with van der Waals surface area (Å²) in [5.41, 5.74) is 18.6. The molecule has 0 unspecified atom stereocenters. The third-order valence-corrected chi connectivity index (χ3v) is 13.2. The van der Waals surface area contributed by atoms with Crippen molar-refractivity contribution < 1.29 is 0 Å². The summed E-state index contributed by atoms with van der Waals surface area (Å²) in [4.78, 5) is 15.5. The van der Waals surface area contributed by atoms with Crippen LogP contribution < -0.4 is 0 Å². The van der Waals surface area contributed by atoms with Crippen molar-refractivity contribution >= 4 is 43.6 Å². The van der Waals surface area contributed by atoms with Crippen molar-refractivity contribution in [3.63, 3.8) is 0 Å². The molecular formula is C62H44N6. The number of rotatable bonds is 7. The maximum absolute atomic E-state index is 10.0. The first-order chi connectivity index (χ1) is 33.3. The van der Waals surface area contributed by atoms with Gasteiger partial charge in [0.25, 0.3) is 0 Å². The molecule has 0 aliphatic carbocycles. The first-order valence-corrected chi connectivity index (χ1v) is 23.0. The van der Waals surface area contributed by atoms with E-state index in [2.05, 4.69) is 158 Å². The first kappa shape index (κ1) is 40.6. The highest BCUT2D eigenvalue weighted by Crippen LogP contribution is 2.44. The molecule has 3 heterocycles. The van der Waals surface area contributed by atoms with Crippen molar-refractivity contribution in [3.8, 4) is 73.9 Å². The van der Waals surface area contributed by atoms with Gasteiger partial charge in [-0.1, -0.05) is 131 Å². The lowest BCUT2D eigenvalue weighted by Crippen LogP contribution is -2.04. The molecule has 0 N–H and O–H groups in total. The zero-order valence-corrected chi connectivity index (χ0v) is 38.2. The Morgan fingerprint density at radius 2 is 0.765 bits per heavy atom. The van der Waals surface area contributed by atoms with Crippen LogP contribution in [-0.4, -0.2) is 24.1 Å². The van der Waals surface area contributed by atoms with Gasteiger partial charge in [-0.25, -0.2) is 15.0 Å². The van der Waals surface area contributed by atoms with Gasteiger partial charge in [0, 0.05) is 49.4 Å². The Hall–Kier alpha value is -8.92. The number of aryl methyl sites for hydroxylation is 4. The molecular weight excluding hydrogens is 829 g/mol. The Bertz CT molecular complexity index is 3840. The predicted molar refractivity (Wildman–Crippen MR) is 279 cm³/mol. The molecule has 68 heavy (non-hydrogen) atoms. The number of nitrogens with zero attached hydrogens (tertiary/aromatic N) is 6. The average Bonchev–Trinajstić information content (AvgIpc) is 3.86. The van der Waals surface area contributed by atoms with Gasteiger partial charge in [-0.2, -0.15) is 5.26 Å². The fourth-order valence-corrected chi connectivity index (χ4v) is 9.94. The summed E-state index contributed by atoms with van der Waals surface area (Å²) in [6.45, 7) is 8.64. The normalized spacial score (nSPS) is 11.5. The number of fused-ring (bicyclic) bond motifs is 6. The molecule has 12 rings (SSSR count). The monoisotopic (exact) mass is 872 g/mol. The van der Waals surface area contributed by atoms with Crippen molar-refractivity contribution in [3.05, 3.63) is 222 Å². The van der Waals surface area contributed by atoms with Gasteiger partial charge in [-0.3, -0.25) is 0 Å². The summed E-state index contributed by atoms with van der Waals surface area (Å²) >= 11 is 0. The minimum absolute atomic E-state index is 0.577. The van der Waals surface area contributed by atoms with E-state index in [9.17, 15) is 5.26 Å². The van der Waals surface area contributed by atoms with E-state index in [1.165, 1.54) is 43.8 Å². The van der Waals surface area contributed by atoms with Gasteiger partial charge in [-0.15, -0.1) is 0 Å². The summed E-state index contributed by atoms with van der Waals surface area (Å²) in [5.74, 6) is 1.79. The van der Waals surface area contributed by atoms with Crippen molar-refractivity contribution in [2.24, 2.45) is 0 Å². The van der Waals surface area contributed by atoms with Crippen LogP contribution in [0.25, 0.3) is 111 Å². The Morgan fingerprint density at radius 1 is 0.338 bits per heavy atom. The second-order valence-corrected chi connectivity index (χ2v) is 17.9. The van der Waals surface area contributed by atoms with Crippen molar-refractivity contribution in [1.82, 2.24) is 24.1 Å². The smallest absolute Gasteiger partial charge is 0.164 e. The van der Waals surface area contributed by atoms with Crippen molar-refractivity contribution in [2.45, 2.75) is 27.7 Å². The second kappa shape index (κ2) is 16.2. The molecule has 0 amide bonds. The lowest BCUT2D eigenvalue weighted by molar-refractivity contribution is 1.07. The van der Waals surface area contributed by atoms with Gasteiger partial charge >= 0.3 is 0 Å². The molecule has 3 aromatic heterocycles. The summed E-state index contributed by atoms with van der Waals surface area (Å²) in [7, 11) is 0.